The van der Waals surface area contributed by atoms with Crippen LogP contribution in [0.25, 0.3) is 10.9 Å². The maximum atomic E-state index is 2.37. The third kappa shape index (κ3) is 1.55. The number of para-hydroxylation sites is 1. The molecule has 0 atom stereocenters. The molecule has 0 fully saturated rings. The van der Waals surface area contributed by atoms with E-state index < -0.39 is 0 Å². The number of hydrogen-bond acceptors (Lipinski definition) is 0. The van der Waals surface area contributed by atoms with Crippen LogP contribution in [0.2, 0.25) is 0 Å². The van der Waals surface area contributed by atoms with Gasteiger partial charge in [-0.25, -0.2) is 0 Å². The van der Waals surface area contributed by atoms with Gasteiger partial charge in [-0.05, 0) is 29.9 Å². The van der Waals surface area contributed by atoms with Crippen LogP contribution >= 0.6 is 0 Å². The molecule has 1 nitrogen and oxygen atoms in total. The van der Waals surface area contributed by atoms with Crippen LogP contribution in [0.4, 0.5) is 0 Å². The number of hydrogen-bond donors (Lipinski definition) is 0. The monoisotopic (exact) mass is 215 g/mol. The van der Waals surface area contributed by atoms with Crippen molar-refractivity contribution in [1.29, 1.82) is 0 Å². The first-order valence-corrected chi connectivity index (χ1v) is 6.17. The second-order valence-corrected chi connectivity index (χ2v) is 4.94. The Balaban J connectivity index is 2.70. The normalized spacial score (nSPS) is 12.2. The van der Waals surface area contributed by atoms with Gasteiger partial charge in [0.2, 0.25) is 0 Å². The molecule has 0 aliphatic rings. The summed E-state index contributed by atoms with van der Waals surface area (Å²) in [6.45, 7) is 6.94. The lowest BCUT2D eigenvalue weighted by Gasteiger charge is -2.26. The smallest absolute Gasteiger partial charge is 0.0480 e. The summed E-state index contributed by atoms with van der Waals surface area (Å²) in [6, 6.07) is 8.69. The molecule has 2 aromatic rings. The Morgan fingerprint density at radius 3 is 2.38 bits per heavy atom. The molecule has 0 N–H and O–H groups in total. The highest BCUT2D eigenvalue weighted by Gasteiger charge is 2.25. The Bertz CT molecular complexity index is 489. The summed E-state index contributed by atoms with van der Waals surface area (Å²) in [6.07, 6.45) is 4.69. The van der Waals surface area contributed by atoms with Crippen LogP contribution in [0.5, 0.6) is 0 Å². The summed E-state index contributed by atoms with van der Waals surface area (Å²) >= 11 is 0. The second-order valence-electron chi connectivity index (χ2n) is 4.94. The maximum absolute atomic E-state index is 2.37. The summed E-state index contributed by atoms with van der Waals surface area (Å²) < 4.78 is 2.24. The lowest BCUT2D eigenvalue weighted by Crippen LogP contribution is -2.18. The van der Waals surface area contributed by atoms with Crippen LogP contribution in [0, 0.1) is 0 Å². The number of nitrogens with zero attached hydrogens (tertiary/aromatic N) is 1. The van der Waals surface area contributed by atoms with Gasteiger partial charge >= 0.3 is 0 Å². The van der Waals surface area contributed by atoms with E-state index in [9.17, 15) is 0 Å². The fourth-order valence-corrected chi connectivity index (χ4v) is 2.45. The minimum atomic E-state index is 0.306. The number of aromatic nitrogens is 1. The molecular formula is C15H21N. The van der Waals surface area contributed by atoms with Crippen molar-refractivity contribution in [3.8, 4) is 0 Å². The lowest BCUT2D eigenvalue weighted by molar-refractivity contribution is 0.441. The molecule has 86 valence electrons. The average Bonchev–Trinajstić information content (AvgIpc) is 2.67. The fraction of sp³-hybridized carbons (Fsp3) is 0.467. The molecule has 0 aliphatic heterocycles. The van der Waals surface area contributed by atoms with Gasteiger partial charge in [-0.2, -0.15) is 0 Å². The Hall–Kier alpha value is -1.24. The van der Waals surface area contributed by atoms with Gasteiger partial charge in [0.15, 0.2) is 0 Å². The Morgan fingerprint density at radius 1 is 1.12 bits per heavy atom. The van der Waals surface area contributed by atoms with E-state index >= 15 is 0 Å². The van der Waals surface area contributed by atoms with Crippen LogP contribution in [0.15, 0.2) is 30.5 Å². The molecular weight excluding hydrogens is 194 g/mol. The average molecular weight is 215 g/mol. The third-order valence-electron chi connectivity index (χ3n) is 4.11. The molecule has 0 aliphatic carbocycles. The Morgan fingerprint density at radius 2 is 1.75 bits per heavy atom. The van der Waals surface area contributed by atoms with E-state index in [1.807, 2.05) is 0 Å². The summed E-state index contributed by atoms with van der Waals surface area (Å²) in [5.74, 6) is 0. The highest BCUT2D eigenvalue weighted by molar-refractivity contribution is 5.85. The highest BCUT2D eigenvalue weighted by Crippen LogP contribution is 2.36. The summed E-state index contributed by atoms with van der Waals surface area (Å²) in [5.41, 5.74) is 3.14. The molecule has 1 heteroatoms. The first-order valence-electron chi connectivity index (χ1n) is 6.17. The molecule has 1 heterocycles. The van der Waals surface area contributed by atoms with E-state index in [2.05, 4.69) is 62.8 Å². The molecule has 0 saturated carbocycles. The van der Waals surface area contributed by atoms with Crippen molar-refractivity contribution in [3.05, 3.63) is 36.0 Å². The second kappa shape index (κ2) is 3.97. The van der Waals surface area contributed by atoms with E-state index in [4.69, 9.17) is 0 Å². The van der Waals surface area contributed by atoms with Crippen LogP contribution in [-0.2, 0) is 12.5 Å². The molecule has 0 radical (unpaired) electrons. The highest BCUT2D eigenvalue weighted by atomic mass is 14.9. The van der Waals surface area contributed by atoms with Gasteiger partial charge in [0, 0.05) is 24.1 Å². The van der Waals surface area contributed by atoms with E-state index in [1.54, 1.807) is 0 Å². The van der Waals surface area contributed by atoms with Crippen molar-refractivity contribution < 1.29 is 0 Å². The van der Waals surface area contributed by atoms with Gasteiger partial charge < -0.3 is 4.57 Å². The van der Waals surface area contributed by atoms with Crippen LogP contribution < -0.4 is 0 Å². The SMILES string of the molecule is CCC(C)(CC)c1cn(C)c2ccccc12. The first kappa shape index (κ1) is 11.3. The van der Waals surface area contributed by atoms with Crippen LogP contribution in [0.1, 0.15) is 39.2 Å². The summed E-state index contributed by atoms with van der Waals surface area (Å²) in [7, 11) is 2.14. The molecule has 1 aromatic heterocycles. The maximum Gasteiger partial charge on any atom is 0.0480 e. The Labute approximate surface area is 98.1 Å². The molecule has 0 saturated heterocycles. The number of fused-ring (bicyclic) bond motifs is 1. The van der Waals surface area contributed by atoms with Gasteiger partial charge in [-0.1, -0.05) is 39.0 Å². The molecule has 0 spiro atoms. The molecule has 0 amide bonds. The van der Waals surface area contributed by atoms with Gasteiger partial charge in [0.1, 0.15) is 0 Å². The zero-order chi connectivity index (χ0) is 11.8. The fourth-order valence-electron chi connectivity index (χ4n) is 2.45. The van der Waals surface area contributed by atoms with Gasteiger partial charge in [0.05, 0.1) is 0 Å². The largest absolute Gasteiger partial charge is 0.350 e. The third-order valence-corrected chi connectivity index (χ3v) is 4.11. The minimum absolute atomic E-state index is 0.306. The lowest BCUT2D eigenvalue weighted by atomic mass is 9.78. The quantitative estimate of drug-likeness (QED) is 0.721. The van der Waals surface area contributed by atoms with Crippen molar-refractivity contribution in [3.63, 3.8) is 0 Å². The number of benzene rings is 1. The summed E-state index contributed by atoms with van der Waals surface area (Å²) in [4.78, 5) is 0. The zero-order valence-electron chi connectivity index (χ0n) is 10.7. The molecule has 16 heavy (non-hydrogen) atoms. The first-order chi connectivity index (χ1) is 7.62. The van der Waals surface area contributed by atoms with Crippen molar-refractivity contribution in [2.45, 2.75) is 39.0 Å². The van der Waals surface area contributed by atoms with Gasteiger partial charge in [-0.3, -0.25) is 0 Å². The van der Waals surface area contributed by atoms with E-state index in [-0.39, 0.29) is 0 Å². The van der Waals surface area contributed by atoms with Gasteiger partial charge in [-0.15, -0.1) is 0 Å². The van der Waals surface area contributed by atoms with Crippen molar-refractivity contribution in [2.75, 3.05) is 0 Å². The van der Waals surface area contributed by atoms with E-state index in [0.29, 0.717) is 5.41 Å². The predicted molar refractivity (Wildman–Crippen MR) is 70.9 cm³/mol. The molecule has 2 rings (SSSR count). The standard InChI is InChI=1S/C15H21N/c1-5-15(3,6-2)13-11-16(4)14-10-8-7-9-12(13)14/h7-11H,5-6H2,1-4H3. The number of aryl methyl sites for hydroxylation is 1. The van der Waals surface area contributed by atoms with E-state index in [0.717, 1.165) is 0 Å². The number of rotatable bonds is 3. The molecule has 1 aromatic carbocycles. The van der Waals surface area contributed by atoms with Crippen LogP contribution in [-0.4, -0.2) is 4.57 Å². The van der Waals surface area contributed by atoms with Gasteiger partial charge in [0.25, 0.3) is 0 Å². The summed E-state index contributed by atoms with van der Waals surface area (Å²) in [5, 5.41) is 1.41. The topological polar surface area (TPSA) is 4.93 Å². The zero-order valence-corrected chi connectivity index (χ0v) is 10.7. The Kier molecular flexibility index (Phi) is 2.79. The van der Waals surface area contributed by atoms with Crippen molar-refractivity contribution in [2.24, 2.45) is 7.05 Å². The van der Waals surface area contributed by atoms with Crippen molar-refractivity contribution in [1.82, 2.24) is 4.57 Å². The van der Waals surface area contributed by atoms with E-state index in [1.165, 1.54) is 29.3 Å². The molecule has 0 bridgehead atoms. The van der Waals surface area contributed by atoms with Crippen molar-refractivity contribution >= 4 is 10.9 Å². The molecule has 0 unspecified atom stereocenters. The van der Waals surface area contributed by atoms with Crippen LogP contribution in [0.3, 0.4) is 0 Å². The predicted octanol–water partition coefficient (Wildman–Crippen LogP) is 4.26. The minimum Gasteiger partial charge on any atom is -0.350 e.